The van der Waals surface area contributed by atoms with E-state index in [1.165, 1.54) is 38.4 Å². The fourth-order valence-electron chi connectivity index (χ4n) is 5.68. The highest BCUT2D eigenvalue weighted by atomic mass is 32.2. The van der Waals surface area contributed by atoms with E-state index in [-0.39, 0.29) is 35.7 Å². The second-order valence-electron chi connectivity index (χ2n) is 10.3. The summed E-state index contributed by atoms with van der Waals surface area (Å²) in [4.78, 5) is 45.7. The molecule has 1 unspecified atom stereocenters. The van der Waals surface area contributed by atoms with E-state index < -0.39 is 38.9 Å². The number of Topliss-reactive ketones (excluding diaryl/α,β-unsaturated/α-hetero) is 1. The quantitative estimate of drug-likeness (QED) is 0.300. The number of likely N-dealkylation sites (tertiary alicyclic amines) is 1. The predicted octanol–water partition coefficient (Wildman–Crippen LogP) is 1.21. The molecule has 2 amide bonds. The highest BCUT2D eigenvalue weighted by molar-refractivity contribution is 7.89. The van der Waals surface area contributed by atoms with Crippen molar-refractivity contribution in [2.24, 2.45) is 0 Å². The molecule has 0 saturated carbocycles. The number of morpholine rings is 1. The van der Waals surface area contributed by atoms with Crippen molar-refractivity contribution >= 4 is 39.1 Å². The summed E-state index contributed by atoms with van der Waals surface area (Å²) < 4.78 is 32.7. The van der Waals surface area contributed by atoms with Crippen molar-refractivity contribution in [2.75, 3.05) is 65.4 Å². The van der Waals surface area contributed by atoms with E-state index in [4.69, 9.17) is 4.74 Å². The number of ketones is 1. The SMILES string of the molecule is CN(C)CCCN1C(=O)C(=O)/C(=C(\O)c2ccc(S(=O)(=O)N3CCOCC3)cc2)C12C(=O)N(C)c1ccccc12. The molecule has 0 bridgehead atoms. The maximum atomic E-state index is 14.0. The number of aliphatic hydroxyl groups excluding tert-OH is 1. The van der Waals surface area contributed by atoms with Gasteiger partial charge in [0.1, 0.15) is 5.76 Å². The van der Waals surface area contributed by atoms with Crippen LogP contribution in [0.3, 0.4) is 0 Å². The number of benzene rings is 2. The molecule has 0 aliphatic carbocycles. The van der Waals surface area contributed by atoms with Crippen LogP contribution >= 0.6 is 0 Å². The Morgan fingerprint density at radius 1 is 1.02 bits per heavy atom. The van der Waals surface area contributed by atoms with Crippen LogP contribution in [0.15, 0.2) is 59.0 Å². The van der Waals surface area contributed by atoms with Crippen molar-refractivity contribution in [3.8, 4) is 0 Å². The number of anilines is 1. The number of hydrogen-bond acceptors (Lipinski definition) is 8. The predicted molar refractivity (Wildman–Crippen MR) is 147 cm³/mol. The lowest BCUT2D eigenvalue weighted by molar-refractivity contribution is -0.143. The lowest BCUT2D eigenvalue weighted by Crippen LogP contribution is -2.51. The van der Waals surface area contributed by atoms with Crippen LogP contribution in [0.5, 0.6) is 0 Å². The smallest absolute Gasteiger partial charge is 0.296 e. The Kier molecular flexibility index (Phi) is 7.29. The van der Waals surface area contributed by atoms with Crippen molar-refractivity contribution < 1.29 is 32.6 Å². The van der Waals surface area contributed by atoms with Crippen molar-refractivity contribution in [1.82, 2.24) is 14.1 Å². The maximum Gasteiger partial charge on any atom is 0.296 e. The maximum absolute atomic E-state index is 14.0. The molecule has 12 heteroatoms. The minimum Gasteiger partial charge on any atom is -0.507 e. The Hall–Kier alpha value is -3.58. The average molecular weight is 569 g/mol. The minimum absolute atomic E-state index is 0.0202. The molecule has 1 atom stereocenters. The summed E-state index contributed by atoms with van der Waals surface area (Å²) in [6.45, 7) is 1.80. The summed E-state index contributed by atoms with van der Waals surface area (Å²) in [6, 6.07) is 12.3. The molecule has 2 fully saturated rings. The summed E-state index contributed by atoms with van der Waals surface area (Å²) in [5.74, 6) is -2.90. The first kappa shape index (κ1) is 28.0. The van der Waals surface area contributed by atoms with E-state index in [9.17, 15) is 27.9 Å². The highest BCUT2D eigenvalue weighted by Crippen LogP contribution is 2.53. The lowest BCUT2D eigenvalue weighted by Gasteiger charge is -2.34. The molecule has 2 aromatic carbocycles. The fraction of sp³-hybridized carbons (Fsp3) is 0.393. The topological polar surface area (TPSA) is 128 Å². The van der Waals surface area contributed by atoms with Gasteiger partial charge in [-0.2, -0.15) is 4.31 Å². The monoisotopic (exact) mass is 568 g/mol. The van der Waals surface area contributed by atoms with Crippen LogP contribution in [0.2, 0.25) is 0 Å². The Labute approximate surface area is 233 Å². The number of likely N-dealkylation sites (N-methyl/N-ethyl adjacent to an activating group) is 1. The molecule has 1 spiro atoms. The number of aliphatic hydroxyl groups is 1. The summed E-state index contributed by atoms with van der Waals surface area (Å²) in [7, 11) is 1.56. The summed E-state index contributed by atoms with van der Waals surface area (Å²) in [5, 5.41) is 11.6. The molecule has 0 radical (unpaired) electrons. The number of fused-ring (bicyclic) bond motifs is 2. The lowest BCUT2D eigenvalue weighted by atomic mass is 9.82. The van der Waals surface area contributed by atoms with E-state index in [0.717, 1.165) is 0 Å². The molecular weight excluding hydrogens is 536 g/mol. The summed E-state index contributed by atoms with van der Waals surface area (Å²) >= 11 is 0. The van der Waals surface area contributed by atoms with Crippen LogP contribution in [0, 0.1) is 0 Å². The number of amides is 2. The first-order valence-electron chi connectivity index (χ1n) is 13.0. The Morgan fingerprint density at radius 3 is 2.33 bits per heavy atom. The van der Waals surface area contributed by atoms with Crippen molar-refractivity contribution in [3.63, 3.8) is 0 Å². The fourth-order valence-corrected chi connectivity index (χ4v) is 7.09. The van der Waals surface area contributed by atoms with Gasteiger partial charge in [0.2, 0.25) is 10.0 Å². The van der Waals surface area contributed by atoms with Crippen molar-refractivity contribution in [3.05, 3.63) is 65.2 Å². The molecule has 2 aromatic rings. The Balaban J connectivity index is 1.63. The van der Waals surface area contributed by atoms with Gasteiger partial charge in [-0.15, -0.1) is 0 Å². The first-order valence-corrected chi connectivity index (χ1v) is 14.5. The molecule has 212 valence electrons. The zero-order chi connectivity index (χ0) is 28.8. The number of sulfonamides is 1. The van der Waals surface area contributed by atoms with Gasteiger partial charge in [0.05, 0.1) is 23.7 Å². The largest absolute Gasteiger partial charge is 0.507 e. The van der Waals surface area contributed by atoms with Crippen molar-refractivity contribution in [2.45, 2.75) is 16.9 Å². The van der Waals surface area contributed by atoms with E-state index >= 15 is 0 Å². The van der Waals surface area contributed by atoms with Gasteiger partial charge < -0.3 is 24.5 Å². The molecule has 1 N–H and O–H groups in total. The van der Waals surface area contributed by atoms with Crippen LogP contribution in [-0.4, -0.2) is 106 Å². The Bertz CT molecular complexity index is 1500. The van der Waals surface area contributed by atoms with E-state index in [1.54, 1.807) is 31.3 Å². The standard InChI is InChI=1S/C28H32N4O7S/c1-29(2)13-6-14-32-26(35)25(34)23(28(32)21-7-4-5-8-22(21)30(3)27(28)36)24(33)19-9-11-20(12-10-19)40(37,38)31-15-17-39-18-16-31/h4-5,7-12,33H,6,13-18H2,1-3H3/b24-23+. The molecule has 5 rings (SSSR count). The third-order valence-electron chi connectivity index (χ3n) is 7.66. The molecular formula is C28H32N4O7S. The van der Waals surface area contributed by atoms with Gasteiger partial charge >= 0.3 is 0 Å². The van der Waals surface area contributed by atoms with Crippen LogP contribution in [-0.2, 0) is 34.7 Å². The van der Waals surface area contributed by atoms with E-state index in [2.05, 4.69) is 0 Å². The molecule has 11 nitrogen and oxygen atoms in total. The number of carbonyl (C=O) groups excluding carboxylic acids is 3. The van der Waals surface area contributed by atoms with Gasteiger partial charge in [-0.3, -0.25) is 14.4 Å². The molecule has 3 heterocycles. The first-order chi connectivity index (χ1) is 19.0. The summed E-state index contributed by atoms with van der Waals surface area (Å²) in [5.41, 5.74) is -1.09. The van der Waals surface area contributed by atoms with Crippen LogP contribution in [0.4, 0.5) is 5.69 Å². The molecule has 3 aliphatic heterocycles. The average Bonchev–Trinajstić information content (AvgIpc) is 3.31. The minimum atomic E-state index is -3.79. The van der Waals surface area contributed by atoms with Gasteiger partial charge in [-0.05, 0) is 57.4 Å². The zero-order valence-electron chi connectivity index (χ0n) is 22.7. The Morgan fingerprint density at radius 2 is 1.68 bits per heavy atom. The third-order valence-corrected chi connectivity index (χ3v) is 9.57. The highest BCUT2D eigenvalue weighted by Gasteiger charge is 2.66. The van der Waals surface area contributed by atoms with Gasteiger partial charge in [0, 0.05) is 43.5 Å². The van der Waals surface area contributed by atoms with Gasteiger partial charge in [0.15, 0.2) is 5.54 Å². The van der Waals surface area contributed by atoms with Crippen molar-refractivity contribution in [1.29, 1.82) is 0 Å². The van der Waals surface area contributed by atoms with E-state index in [1.807, 2.05) is 19.0 Å². The third kappa shape index (κ3) is 4.22. The van der Waals surface area contributed by atoms with Crippen LogP contribution in [0.1, 0.15) is 17.5 Å². The normalized spacial score (nSPS) is 23.1. The van der Waals surface area contributed by atoms with Gasteiger partial charge in [0.25, 0.3) is 17.6 Å². The second-order valence-corrected chi connectivity index (χ2v) is 12.2. The number of nitrogens with zero attached hydrogens (tertiary/aromatic N) is 4. The number of para-hydroxylation sites is 1. The van der Waals surface area contributed by atoms with Crippen LogP contribution in [0.25, 0.3) is 5.76 Å². The molecule has 40 heavy (non-hydrogen) atoms. The van der Waals surface area contributed by atoms with Gasteiger partial charge in [-0.1, -0.05) is 18.2 Å². The van der Waals surface area contributed by atoms with Crippen LogP contribution < -0.4 is 4.90 Å². The summed E-state index contributed by atoms with van der Waals surface area (Å²) in [6.07, 6.45) is 0.495. The second kappa shape index (κ2) is 10.4. The van der Waals surface area contributed by atoms with Gasteiger partial charge in [-0.25, -0.2) is 8.42 Å². The number of rotatable bonds is 7. The molecule has 2 saturated heterocycles. The number of hydrogen-bond donors (Lipinski definition) is 1. The molecule has 0 aromatic heterocycles. The number of ether oxygens (including phenoxy) is 1. The zero-order valence-corrected chi connectivity index (χ0v) is 23.5. The molecule has 3 aliphatic rings. The van der Waals surface area contributed by atoms with E-state index in [0.29, 0.717) is 37.4 Å². The number of carbonyl (C=O) groups is 3.